The van der Waals surface area contributed by atoms with Crippen LogP contribution in [0.5, 0.6) is 11.5 Å². The molecule has 2 nitrogen and oxygen atoms in total. The molecule has 0 spiro atoms. The zero-order chi connectivity index (χ0) is 12.6. The summed E-state index contributed by atoms with van der Waals surface area (Å²) in [5.74, 6) is 1.66. The zero-order valence-corrected chi connectivity index (χ0v) is 10.2. The Bertz CT molecular complexity index is 474. The molecule has 0 bridgehead atoms. The van der Waals surface area contributed by atoms with E-state index in [1.54, 1.807) is 6.08 Å². The number of hydrogen-bond donors (Lipinski definition) is 0. The Hall–Kier alpha value is -2.22. The lowest BCUT2D eigenvalue weighted by molar-refractivity contribution is 0.305. The fourth-order valence-corrected chi connectivity index (χ4v) is 1.53. The summed E-state index contributed by atoms with van der Waals surface area (Å²) in [6.07, 6.45) is 1.72. The lowest BCUT2D eigenvalue weighted by Crippen LogP contribution is -1.96. The molecule has 0 aromatic heterocycles. The van der Waals surface area contributed by atoms with Gasteiger partial charge in [0.25, 0.3) is 0 Å². The summed E-state index contributed by atoms with van der Waals surface area (Å²) >= 11 is 0. The number of hydrogen-bond acceptors (Lipinski definition) is 2. The van der Waals surface area contributed by atoms with Gasteiger partial charge in [-0.15, -0.1) is 0 Å². The topological polar surface area (TPSA) is 18.5 Å². The van der Waals surface area contributed by atoms with E-state index in [0.717, 1.165) is 17.1 Å². The van der Waals surface area contributed by atoms with Crippen molar-refractivity contribution in [1.29, 1.82) is 0 Å². The van der Waals surface area contributed by atoms with E-state index in [4.69, 9.17) is 9.47 Å². The van der Waals surface area contributed by atoms with Crippen LogP contribution in [0.2, 0.25) is 0 Å². The number of benzene rings is 2. The molecule has 92 valence electrons. The molecule has 0 atom stereocenters. The molecule has 0 aliphatic carbocycles. The van der Waals surface area contributed by atoms with Gasteiger partial charge in [0.1, 0.15) is 24.7 Å². The van der Waals surface area contributed by atoms with E-state index < -0.39 is 0 Å². The minimum absolute atomic E-state index is 0.518. The predicted molar refractivity (Wildman–Crippen MR) is 72.9 cm³/mol. The molecule has 0 N–H and O–H groups in total. The van der Waals surface area contributed by atoms with Crippen LogP contribution in [0.15, 0.2) is 67.3 Å². The van der Waals surface area contributed by atoms with Crippen LogP contribution in [0.3, 0.4) is 0 Å². The van der Waals surface area contributed by atoms with E-state index in [2.05, 4.69) is 6.58 Å². The van der Waals surface area contributed by atoms with Crippen LogP contribution in [-0.4, -0.2) is 6.61 Å². The van der Waals surface area contributed by atoms with Gasteiger partial charge in [-0.05, 0) is 29.8 Å². The highest BCUT2D eigenvalue weighted by molar-refractivity contribution is 5.31. The molecule has 2 aromatic carbocycles. The van der Waals surface area contributed by atoms with E-state index in [1.165, 1.54) is 0 Å². The maximum atomic E-state index is 5.68. The molecule has 2 aromatic rings. The number of rotatable bonds is 6. The molecule has 2 rings (SSSR count). The summed E-state index contributed by atoms with van der Waals surface area (Å²) in [7, 11) is 0. The smallest absolute Gasteiger partial charge is 0.120 e. The van der Waals surface area contributed by atoms with Crippen LogP contribution < -0.4 is 9.47 Å². The van der Waals surface area contributed by atoms with Crippen molar-refractivity contribution >= 4 is 0 Å². The third-order valence-corrected chi connectivity index (χ3v) is 2.44. The highest BCUT2D eigenvalue weighted by Crippen LogP contribution is 2.18. The van der Waals surface area contributed by atoms with Gasteiger partial charge in [-0.2, -0.15) is 0 Å². The highest BCUT2D eigenvalue weighted by Gasteiger charge is 1.96. The Morgan fingerprint density at radius 1 is 0.833 bits per heavy atom. The van der Waals surface area contributed by atoms with E-state index in [0.29, 0.717) is 13.2 Å². The SMILES string of the molecule is C=CCOc1ccc(OCc2ccccc2)cc1. The molecular formula is C16H16O2. The third kappa shape index (κ3) is 3.67. The van der Waals surface area contributed by atoms with Crippen LogP contribution >= 0.6 is 0 Å². The van der Waals surface area contributed by atoms with Crippen LogP contribution in [0, 0.1) is 0 Å². The Morgan fingerprint density at radius 3 is 2.06 bits per heavy atom. The fourth-order valence-electron chi connectivity index (χ4n) is 1.53. The van der Waals surface area contributed by atoms with Crippen LogP contribution in [0.25, 0.3) is 0 Å². The van der Waals surface area contributed by atoms with Crippen molar-refractivity contribution in [2.45, 2.75) is 6.61 Å². The lowest BCUT2D eigenvalue weighted by atomic mass is 10.2. The van der Waals surface area contributed by atoms with Crippen molar-refractivity contribution in [3.05, 3.63) is 72.8 Å². The molecule has 0 saturated carbocycles. The average molecular weight is 240 g/mol. The van der Waals surface area contributed by atoms with Crippen molar-refractivity contribution in [3.63, 3.8) is 0 Å². The standard InChI is InChI=1S/C16H16O2/c1-2-12-17-15-8-10-16(11-9-15)18-13-14-6-4-3-5-7-14/h2-11H,1,12-13H2. The molecule has 0 fully saturated rings. The van der Waals surface area contributed by atoms with Gasteiger partial charge in [0.2, 0.25) is 0 Å². The molecule has 2 heteroatoms. The summed E-state index contributed by atoms with van der Waals surface area (Å²) in [5, 5.41) is 0. The van der Waals surface area contributed by atoms with Crippen molar-refractivity contribution in [1.82, 2.24) is 0 Å². The van der Waals surface area contributed by atoms with Crippen LogP contribution in [0.1, 0.15) is 5.56 Å². The third-order valence-electron chi connectivity index (χ3n) is 2.44. The summed E-state index contributed by atoms with van der Waals surface area (Å²) in [4.78, 5) is 0. The van der Waals surface area contributed by atoms with Gasteiger partial charge in [-0.1, -0.05) is 43.0 Å². The van der Waals surface area contributed by atoms with E-state index in [1.807, 2.05) is 54.6 Å². The van der Waals surface area contributed by atoms with Gasteiger partial charge in [-0.25, -0.2) is 0 Å². The molecule has 18 heavy (non-hydrogen) atoms. The van der Waals surface area contributed by atoms with Crippen molar-refractivity contribution in [3.8, 4) is 11.5 Å². The highest BCUT2D eigenvalue weighted by atomic mass is 16.5. The molecule has 0 saturated heterocycles. The van der Waals surface area contributed by atoms with Crippen LogP contribution in [0.4, 0.5) is 0 Å². The first kappa shape index (κ1) is 12.2. The average Bonchev–Trinajstić information content (AvgIpc) is 2.45. The summed E-state index contributed by atoms with van der Waals surface area (Å²) in [6, 6.07) is 17.7. The second-order valence-electron chi connectivity index (χ2n) is 3.85. The van der Waals surface area contributed by atoms with Gasteiger partial charge >= 0.3 is 0 Å². The number of ether oxygens (including phenoxy) is 2. The minimum atomic E-state index is 0.518. The largest absolute Gasteiger partial charge is 0.490 e. The molecule has 0 aliphatic heterocycles. The molecular weight excluding hydrogens is 224 g/mol. The quantitative estimate of drug-likeness (QED) is 0.714. The summed E-state index contributed by atoms with van der Waals surface area (Å²) < 4.78 is 11.1. The lowest BCUT2D eigenvalue weighted by Gasteiger charge is -2.07. The molecule has 0 heterocycles. The van der Waals surface area contributed by atoms with E-state index in [-0.39, 0.29) is 0 Å². The Balaban J connectivity index is 1.88. The molecule has 0 radical (unpaired) electrons. The molecule has 0 aliphatic rings. The Morgan fingerprint density at radius 2 is 1.44 bits per heavy atom. The van der Waals surface area contributed by atoms with Gasteiger partial charge < -0.3 is 9.47 Å². The first-order valence-corrected chi connectivity index (χ1v) is 5.89. The monoisotopic (exact) mass is 240 g/mol. The zero-order valence-electron chi connectivity index (χ0n) is 10.2. The van der Waals surface area contributed by atoms with Crippen molar-refractivity contribution < 1.29 is 9.47 Å². The minimum Gasteiger partial charge on any atom is -0.490 e. The Labute approximate surface area is 107 Å². The van der Waals surface area contributed by atoms with Gasteiger partial charge in [0.05, 0.1) is 0 Å². The Kier molecular flexibility index (Phi) is 4.42. The molecule has 0 amide bonds. The first-order valence-electron chi connectivity index (χ1n) is 5.89. The van der Waals surface area contributed by atoms with Crippen molar-refractivity contribution in [2.24, 2.45) is 0 Å². The van der Waals surface area contributed by atoms with Gasteiger partial charge in [-0.3, -0.25) is 0 Å². The van der Waals surface area contributed by atoms with E-state index >= 15 is 0 Å². The maximum Gasteiger partial charge on any atom is 0.120 e. The second kappa shape index (κ2) is 6.50. The van der Waals surface area contributed by atoms with Crippen molar-refractivity contribution in [2.75, 3.05) is 6.61 Å². The van der Waals surface area contributed by atoms with Gasteiger partial charge in [0, 0.05) is 0 Å². The summed E-state index contributed by atoms with van der Waals surface area (Å²) in [6.45, 7) is 4.70. The van der Waals surface area contributed by atoms with Gasteiger partial charge in [0.15, 0.2) is 0 Å². The predicted octanol–water partition coefficient (Wildman–Crippen LogP) is 3.83. The second-order valence-corrected chi connectivity index (χ2v) is 3.85. The normalized spacial score (nSPS) is 9.78. The molecule has 0 unspecified atom stereocenters. The van der Waals surface area contributed by atoms with E-state index in [9.17, 15) is 0 Å². The fraction of sp³-hybridized carbons (Fsp3) is 0.125. The first-order chi connectivity index (χ1) is 8.88. The maximum absolute atomic E-state index is 5.68. The summed E-state index contributed by atoms with van der Waals surface area (Å²) in [5.41, 5.74) is 1.16. The van der Waals surface area contributed by atoms with Crippen LogP contribution in [-0.2, 0) is 6.61 Å².